The summed E-state index contributed by atoms with van der Waals surface area (Å²) in [5, 5.41) is 6.94. The van der Waals surface area contributed by atoms with E-state index in [1.807, 2.05) is 13.1 Å². The first kappa shape index (κ1) is 8.31. The van der Waals surface area contributed by atoms with E-state index in [0.29, 0.717) is 0 Å². The Bertz CT molecular complexity index is 213. The minimum Gasteiger partial charge on any atom is -0.285 e. The molecule has 1 aromatic rings. The van der Waals surface area contributed by atoms with E-state index in [2.05, 4.69) is 24.0 Å². The summed E-state index contributed by atoms with van der Waals surface area (Å²) in [6.45, 7) is 6.54. The van der Waals surface area contributed by atoms with Crippen LogP contribution in [0, 0.1) is 12.8 Å². The minimum atomic E-state index is 0.782. The van der Waals surface area contributed by atoms with Crippen molar-refractivity contribution in [3.05, 3.63) is 17.5 Å². The Kier molecular flexibility index (Phi) is 2.69. The predicted octanol–water partition coefficient (Wildman–Crippen LogP) is 2.31. The molecule has 2 nitrogen and oxygen atoms in total. The number of H-pyrrole nitrogens is 1. The van der Waals surface area contributed by atoms with Gasteiger partial charge in [-0.25, -0.2) is 0 Å². The molecule has 0 aliphatic carbocycles. The molecule has 2 heteroatoms. The predicted molar refractivity (Wildman–Crippen MR) is 46.5 cm³/mol. The molecule has 0 bridgehead atoms. The fourth-order valence-corrected chi connectivity index (χ4v) is 1.08. The number of rotatable bonds is 3. The highest BCUT2D eigenvalue weighted by Crippen LogP contribution is 2.10. The molecule has 0 aliphatic rings. The summed E-state index contributed by atoms with van der Waals surface area (Å²) in [6.07, 6.45) is 4.40. The molecule has 0 fully saturated rings. The zero-order chi connectivity index (χ0) is 8.27. The van der Waals surface area contributed by atoms with E-state index in [1.165, 1.54) is 12.0 Å². The zero-order valence-electron chi connectivity index (χ0n) is 7.52. The van der Waals surface area contributed by atoms with Crippen LogP contribution in [0.15, 0.2) is 6.20 Å². The van der Waals surface area contributed by atoms with Crippen LogP contribution in [0.2, 0.25) is 0 Å². The van der Waals surface area contributed by atoms with Crippen molar-refractivity contribution in [2.75, 3.05) is 0 Å². The highest BCUT2D eigenvalue weighted by atomic mass is 15.1. The van der Waals surface area contributed by atoms with Crippen LogP contribution in [0.3, 0.4) is 0 Å². The molecule has 1 heterocycles. The lowest BCUT2D eigenvalue weighted by molar-refractivity contribution is 0.586. The van der Waals surface area contributed by atoms with Crippen LogP contribution in [0.25, 0.3) is 0 Å². The van der Waals surface area contributed by atoms with E-state index >= 15 is 0 Å². The molecule has 0 aromatic carbocycles. The van der Waals surface area contributed by atoms with Crippen molar-refractivity contribution in [1.82, 2.24) is 10.2 Å². The van der Waals surface area contributed by atoms with E-state index in [0.717, 1.165) is 18.0 Å². The molecule has 1 aromatic heterocycles. The number of aromatic nitrogens is 2. The second kappa shape index (κ2) is 3.56. The summed E-state index contributed by atoms with van der Waals surface area (Å²) in [5.41, 5.74) is 2.50. The largest absolute Gasteiger partial charge is 0.285 e. The van der Waals surface area contributed by atoms with Crippen LogP contribution < -0.4 is 0 Å². The van der Waals surface area contributed by atoms with Gasteiger partial charge in [0.25, 0.3) is 0 Å². The summed E-state index contributed by atoms with van der Waals surface area (Å²) < 4.78 is 0. The highest BCUT2D eigenvalue weighted by molar-refractivity contribution is 5.14. The van der Waals surface area contributed by atoms with Crippen LogP contribution in [0.5, 0.6) is 0 Å². The molecule has 0 unspecified atom stereocenters. The number of nitrogens with zero attached hydrogens (tertiary/aromatic N) is 1. The molecular weight excluding hydrogens is 136 g/mol. The van der Waals surface area contributed by atoms with Crippen LogP contribution in [-0.2, 0) is 6.42 Å². The monoisotopic (exact) mass is 152 g/mol. The third-order valence-corrected chi connectivity index (χ3v) is 1.93. The molecule has 0 aliphatic heterocycles. The van der Waals surface area contributed by atoms with Crippen molar-refractivity contribution in [3.63, 3.8) is 0 Å². The number of aryl methyl sites for hydroxylation is 2. The maximum atomic E-state index is 4.07. The van der Waals surface area contributed by atoms with Gasteiger partial charge in [0, 0.05) is 6.20 Å². The summed E-state index contributed by atoms with van der Waals surface area (Å²) in [6, 6.07) is 0. The summed E-state index contributed by atoms with van der Waals surface area (Å²) >= 11 is 0. The SMILES string of the molecule is Cc1n[nH]cc1CCC(C)C. The Morgan fingerprint density at radius 1 is 1.55 bits per heavy atom. The van der Waals surface area contributed by atoms with Crippen molar-refractivity contribution in [2.45, 2.75) is 33.6 Å². The average Bonchev–Trinajstić information content (AvgIpc) is 2.31. The minimum absolute atomic E-state index is 0.782. The topological polar surface area (TPSA) is 28.7 Å². The Hall–Kier alpha value is -0.790. The first-order valence-corrected chi connectivity index (χ1v) is 4.19. The normalized spacial score (nSPS) is 10.9. The first-order chi connectivity index (χ1) is 5.20. The van der Waals surface area contributed by atoms with Crippen LogP contribution in [0.1, 0.15) is 31.5 Å². The lowest BCUT2D eigenvalue weighted by Crippen LogP contribution is -1.92. The highest BCUT2D eigenvalue weighted by Gasteiger charge is 2.01. The van der Waals surface area contributed by atoms with Gasteiger partial charge in [0.1, 0.15) is 0 Å². The van der Waals surface area contributed by atoms with E-state index in [4.69, 9.17) is 0 Å². The van der Waals surface area contributed by atoms with Gasteiger partial charge >= 0.3 is 0 Å². The first-order valence-electron chi connectivity index (χ1n) is 4.19. The second-order valence-corrected chi connectivity index (χ2v) is 3.43. The quantitative estimate of drug-likeness (QED) is 0.707. The molecule has 62 valence electrons. The van der Waals surface area contributed by atoms with Gasteiger partial charge in [-0.2, -0.15) is 5.10 Å². The Morgan fingerprint density at radius 2 is 2.27 bits per heavy atom. The standard InChI is InChI=1S/C9H16N2/c1-7(2)4-5-9-6-10-11-8(9)3/h6-7H,4-5H2,1-3H3,(H,10,11). The Labute approximate surface area is 68.0 Å². The molecule has 1 rings (SSSR count). The fourth-order valence-electron chi connectivity index (χ4n) is 1.08. The number of nitrogens with one attached hydrogen (secondary N) is 1. The van der Waals surface area contributed by atoms with Gasteiger partial charge in [-0.3, -0.25) is 5.10 Å². The summed E-state index contributed by atoms with van der Waals surface area (Å²) in [7, 11) is 0. The molecule has 0 saturated carbocycles. The third kappa shape index (κ3) is 2.37. The lowest BCUT2D eigenvalue weighted by Gasteiger charge is -2.01. The second-order valence-electron chi connectivity index (χ2n) is 3.43. The van der Waals surface area contributed by atoms with Crippen molar-refractivity contribution in [1.29, 1.82) is 0 Å². The molecule has 11 heavy (non-hydrogen) atoms. The van der Waals surface area contributed by atoms with E-state index in [1.54, 1.807) is 0 Å². The van der Waals surface area contributed by atoms with E-state index < -0.39 is 0 Å². The van der Waals surface area contributed by atoms with Gasteiger partial charge in [-0.1, -0.05) is 13.8 Å². The van der Waals surface area contributed by atoms with Gasteiger partial charge in [0.05, 0.1) is 5.69 Å². The van der Waals surface area contributed by atoms with Gasteiger partial charge in [-0.05, 0) is 31.2 Å². The van der Waals surface area contributed by atoms with E-state index in [-0.39, 0.29) is 0 Å². The maximum absolute atomic E-state index is 4.07. The van der Waals surface area contributed by atoms with Gasteiger partial charge < -0.3 is 0 Å². The number of hydrogen-bond donors (Lipinski definition) is 1. The average molecular weight is 152 g/mol. The van der Waals surface area contributed by atoms with E-state index in [9.17, 15) is 0 Å². The molecule has 0 radical (unpaired) electrons. The lowest BCUT2D eigenvalue weighted by atomic mass is 10.0. The van der Waals surface area contributed by atoms with Crippen LogP contribution >= 0.6 is 0 Å². The van der Waals surface area contributed by atoms with Crippen molar-refractivity contribution in [2.24, 2.45) is 5.92 Å². The van der Waals surface area contributed by atoms with Crippen LogP contribution in [-0.4, -0.2) is 10.2 Å². The molecular formula is C9H16N2. The molecule has 0 spiro atoms. The number of aromatic amines is 1. The molecule has 0 atom stereocenters. The fraction of sp³-hybridized carbons (Fsp3) is 0.667. The van der Waals surface area contributed by atoms with Gasteiger partial charge in [-0.15, -0.1) is 0 Å². The molecule has 0 saturated heterocycles. The summed E-state index contributed by atoms with van der Waals surface area (Å²) in [4.78, 5) is 0. The zero-order valence-corrected chi connectivity index (χ0v) is 7.52. The Balaban J connectivity index is 2.44. The van der Waals surface area contributed by atoms with Crippen LogP contribution in [0.4, 0.5) is 0 Å². The van der Waals surface area contributed by atoms with Gasteiger partial charge in [0.15, 0.2) is 0 Å². The van der Waals surface area contributed by atoms with Crippen molar-refractivity contribution < 1.29 is 0 Å². The van der Waals surface area contributed by atoms with Crippen molar-refractivity contribution >= 4 is 0 Å². The smallest absolute Gasteiger partial charge is 0.0623 e. The maximum Gasteiger partial charge on any atom is 0.0623 e. The molecule has 1 N–H and O–H groups in total. The van der Waals surface area contributed by atoms with Gasteiger partial charge in [0.2, 0.25) is 0 Å². The Morgan fingerprint density at radius 3 is 2.73 bits per heavy atom. The molecule has 0 amide bonds. The van der Waals surface area contributed by atoms with Crippen molar-refractivity contribution in [3.8, 4) is 0 Å². The number of hydrogen-bond acceptors (Lipinski definition) is 1. The summed E-state index contributed by atoms with van der Waals surface area (Å²) in [5.74, 6) is 0.782. The third-order valence-electron chi connectivity index (χ3n) is 1.93.